The number of hydrogen-bond donors (Lipinski definition) is 0. The number of aromatic nitrogens is 1. The highest BCUT2D eigenvalue weighted by Crippen LogP contribution is 2.23. The van der Waals surface area contributed by atoms with Gasteiger partial charge in [0.05, 0.1) is 12.0 Å². The Bertz CT molecular complexity index is 628. The molecule has 2 rings (SSSR count). The van der Waals surface area contributed by atoms with Crippen molar-refractivity contribution in [1.29, 1.82) is 0 Å². The summed E-state index contributed by atoms with van der Waals surface area (Å²) in [6.45, 7) is 7.87. The van der Waals surface area contributed by atoms with E-state index in [1.807, 2.05) is 30.5 Å². The van der Waals surface area contributed by atoms with Gasteiger partial charge in [-0.2, -0.15) is 0 Å². The average Bonchev–Trinajstić information content (AvgIpc) is 2.42. The number of aryl methyl sites for hydroxylation is 1. The van der Waals surface area contributed by atoms with Gasteiger partial charge in [-0.1, -0.05) is 26.8 Å². The van der Waals surface area contributed by atoms with Gasteiger partial charge in [0.1, 0.15) is 5.75 Å². The Hall–Kier alpha value is -1.77. The fourth-order valence-corrected chi connectivity index (χ4v) is 2.24. The van der Waals surface area contributed by atoms with Crippen LogP contribution in [-0.4, -0.2) is 11.2 Å². The third-order valence-corrected chi connectivity index (χ3v) is 3.40. The second kappa shape index (κ2) is 6.60. The van der Waals surface area contributed by atoms with Gasteiger partial charge in [-0.3, -0.25) is 4.79 Å². The third kappa shape index (κ3) is 3.21. The lowest BCUT2D eigenvalue weighted by molar-refractivity contribution is 0.292. The van der Waals surface area contributed by atoms with Crippen LogP contribution in [0.4, 0.5) is 0 Å². The van der Waals surface area contributed by atoms with Crippen molar-refractivity contribution in [2.75, 3.05) is 6.61 Å². The number of hydrogen-bond acceptors (Lipinski definition) is 2. The molecular formula is C17H23NO2. The smallest absolute Gasteiger partial charge is 0.258 e. The molecule has 2 aromatic rings. The van der Waals surface area contributed by atoms with Gasteiger partial charge in [-0.25, -0.2) is 0 Å². The molecule has 0 atom stereocenters. The van der Waals surface area contributed by atoms with Crippen LogP contribution >= 0.6 is 0 Å². The van der Waals surface area contributed by atoms with E-state index < -0.39 is 0 Å². The van der Waals surface area contributed by atoms with Crippen LogP contribution in [0.5, 0.6) is 5.75 Å². The van der Waals surface area contributed by atoms with E-state index in [9.17, 15) is 4.79 Å². The number of pyridine rings is 1. The van der Waals surface area contributed by atoms with Gasteiger partial charge in [0.2, 0.25) is 0 Å². The van der Waals surface area contributed by atoms with Crippen LogP contribution in [0.2, 0.25) is 0 Å². The van der Waals surface area contributed by atoms with Crippen molar-refractivity contribution >= 4 is 10.8 Å². The Morgan fingerprint density at radius 3 is 2.70 bits per heavy atom. The van der Waals surface area contributed by atoms with E-state index in [-0.39, 0.29) is 5.56 Å². The molecule has 0 aliphatic rings. The van der Waals surface area contributed by atoms with Gasteiger partial charge in [0.15, 0.2) is 0 Å². The summed E-state index contributed by atoms with van der Waals surface area (Å²) in [6.07, 6.45) is 3.84. The number of nitrogens with zero attached hydrogens (tertiary/aromatic N) is 1. The summed E-state index contributed by atoms with van der Waals surface area (Å²) in [5.41, 5.74) is 0.0682. The highest BCUT2D eigenvalue weighted by atomic mass is 16.5. The maximum absolute atomic E-state index is 12.4. The van der Waals surface area contributed by atoms with E-state index >= 15 is 0 Å². The van der Waals surface area contributed by atoms with Crippen molar-refractivity contribution in [2.24, 2.45) is 5.92 Å². The summed E-state index contributed by atoms with van der Waals surface area (Å²) in [5.74, 6) is 1.43. The van der Waals surface area contributed by atoms with Crippen molar-refractivity contribution in [1.82, 2.24) is 4.57 Å². The van der Waals surface area contributed by atoms with Crippen molar-refractivity contribution in [3.05, 3.63) is 40.8 Å². The molecule has 0 aliphatic carbocycles. The zero-order valence-electron chi connectivity index (χ0n) is 12.6. The zero-order chi connectivity index (χ0) is 14.5. The summed E-state index contributed by atoms with van der Waals surface area (Å²) >= 11 is 0. The maximum Gasteiger partial charge on any atom is 0.258 e. The van der Waals surface area contributed by atoms with E-state index in [2.05, 4.69) is 20.8 Å². The number of rotatable bonds is 6. The van der Waals surface area contributed by atoms with Crippen molar-refractivity contribution in [3.63, 3.8) is 0 Å². The molecule has 1 aromatic carbocycles. The van der Waals surface area contributed by atoms with Crippen LogP contribution in [0, 0.1) is 5.92 Å². The molecule has 0 amide bonds. The zero-order valence-corrected chi connectivity index (χ0v) is 12.6. The van der Waals surface area contributed by atoms with Crippen LogP contribution in [0.3, 0.4) is 0 Å². The molecule has 0 fully saturated rings. The second-order valence-electron chi connectivity index (χ2n) is 5.56. The molecular weight excluding hydrogens is 250 g/mol. The molecule has 0 bridgehead atoms. The molecule has 0 saturated carbocycles. The minimum atomic E-state index is 0.0682. The molecule has 0 radical (unpaired) electrons. The summed E-state index contributed by atoms with van der Waals surface area (Å²) in [5, 5.41) is 1.65. The first-order chi connectivity index (χ1) is 9.63. The van der Waals surface area contributed by atoms with Gasteiger partial charge in [0, 0.05) is 18.1 Å². The largest absolute Gasteiger partial charge is 0.493 e. The number of benzene rings is 1. The van der Waals surface area contributed by atoms with Crippen LogP contribution in [-0.2, 0) is 6.54 Å². The van der Waals surface area contributed by atoms with Gasteiger partial charge < -0.3 is 9.30 Å². The van der Waals surface area contributed by atoms with Gasteiger partial charge >= 0.3 is 0 Å². The van der Waals surface area contributed by atoms with E-state index in [1.54, 1.807) is 4.57 Å². The molecule has 0 spiro atoms. The molecule has 0 aliphatic heterocycles. The predicted octanol–water partition coefficient (Wildman–Crippen LogP) is 3.84. The van der Waals surface area contributed by atoms with Crippen molar-refractivity contribution in [3.8, 4) is 5.75 Å². The first kappa shape index (κ1) is 14.6. The molecule has 0 N–H and O–H groups in total. The second-order valence-corrected chi connectivity index (χ2v) is 5.56. The number of fused-ring (bicyclic) bond motifs is 1. The Morgan fingerprint density at radius 1 is 1.20 bits per heavy atom. The van der Waals surface area contributed by atoms with Gasteiger partial charge in [-0.05, 0) is 37.0 Å². The lowest BCUT2D eigenvalue weighted by Gasteiger charge is -2.12. The standard InChI is InChI=1S/C17H23NO2/c1-4-10-18-11-8-14-15(17(18)19)6-5-7-16(14)20-12-9-13(2)3/h5-8,11,13H,4,9-10,12H2,1-3H3. The molecule has 108 valence electrons. The SMILES string of the molecule is CCCn1ccc2c(OCCC(C)C)cccc2c1=O. The Labute approximate surface area is 120 Å². The average molecular weight is 273 g/mol. The highest BCUT2D eigenvalue weighted by Gasteiger charge is 2.07. The highest BCUT2D eigenvalue weighted by molar-refractivity contribution is 5.87. The number of ether oxygens (including phenoxy) is 1. The fourth-order valence-electron chi connectivity index (χ4n) is 2.24. The summed E-state index contributed by atoms with van der Waals surface area (Å²) in [7, 11) is 0. The fraction of sp³-hybridized carbons (Fsp3) is 0.471. The molecule has 0 saturated heterocycles. The predicted molar refractivity (Wildman–Crippen MR) is 83.4 cm³/mol. The van der Waals surface area contributed by atoms with E-state index in [0.29, 0.717) is 12.5 Å². The van der Waals surface area contributed by atoms with E-state index in [1.165, 1.54) is 0 Å². The van der Waals surface area contributed by atoms with Crippen molar-refractivity contribution < 1.29 is 4.74 Å². The van der Waals surface area contributed by atoms with Crippen LogP contribution < -0.4 is 10.3 Å². The minimum Gasteiger partial charge on any atom is -0.493 e. The minimum absolute atomic E-state index is 0.0682. The monoisotopic (exact) mass is 273 g/mol. The molecule has 0 unspecified atom stereocenters. The third-order valence-electron chi connectivity index (χ3n) is 3.40. The summed E-state index contributed by atoms with van der Waals surface area (Å²) in [6, 6.07) is 7.69. The van der Waals surface area contributed by atoms with Crippen LogP contribution in [0.25, 0.3) is 10.8 Å². The van der Waals surface area contributed by atoms with Gasteiger partial charge in [0.25, 0.3) is 5.56 Å². The molecule has 20 heavy (non-hydrogen) atoms. The van der Waals surface area contributed by atoms with Gasteiger partial charge in [-0.15, -0.1) is 0 Å². The summed E-state index contributed by atoms with van der Waals surface area (Å²) < 4.78 is 7.60. The van der Waals surface area contributed by atoms with Crippen LogP contribution in [0.1, 0.15) is 33.6 Å². The maximum atomic E-state index is 12.4. The van der Waals surface area contributed by atoms with E-state index in [4.69, 9.17) is 4.74 Å². The molecule has 3 nitrogen and oxygen atoms in total. The Kier molecular flexibility index (Phi) is 4.83. The lowest BCUT2D eigenvalue weighted by atomic mass is 10.1. The van der Waals surface area contributed by atoms with E-state index in [0.717, 1.165) is 35.9 Å². The molecule has 3 heteroatoms. The lowest BCUT2D eigenvalue weighted by Crippen LogP contribution is -2.19. The molecule has 1 aromatic heterocycles. The normalized spacial score (nSPS) is 11.2. The Balaban J connectivity index is 2.33. The Morgan fingerprint density at radius 2 is 2.00 bits per heavy atom. The first-order valence-corrected chi connectivity index (χ1v) is 7.38. The van der Waals surface area contributed by atoms with Crippen LogP contribution in [0.15, 0.2) is 35.3 Å². The summed E-state index contributed by atoms with van der Waals surface area (Å²) in [4.78, 5) is 12.4. The topological polar surface area (TPSA) is 31.2 Å². The quantitative estimate of drug-likeness (QED) is 0.800. The first-order valence-electron chi connectivity index (χ1n) is 7.38. The van der Waals surface area contributed by atoms with Crippen molar-refractivity contribution in [2.45, 2.75) is 40.2 Å². The molecule has 1 heterocycles.